The summed E-state index contributed by atoms with van der Waals surface area (Å²) in [7, 11) is 0. The van der Waals surface area contributed by atoms with E-state index in [2.05, 4.69) is 9.97 Å². The van der Waals surface area contributed by atoms with Crippen LogP contribution in [0.5, 0.6) is 0 Å². The highest BCUT2D eigenvalue weighted by Gasteiger charge is 2.07. The highest BCUT2D eigenvalue weighted by atomic mass is 16.1. The van der Waals surface area contributed by atoms with Crippen molar-refractivity contribution in [1.82, 2.24) is 9.97 Å². The van der Waals surface area contributed by atoms with Crippen LogP contribution in [0.25, 0.3) is 0 Å². The Balaban J connectivity index is 3.29. The monoisotopic (exact) mass is 183 g/mol. The number of H-pyrrole nitrogens is 1. The molecule has 0 spiro atoms. The molecule has 0 aliphatic carbocycles. The maximum Gasteiger partial charge on any atom is 0.255 e. The summed E-state index contributed by atoms with van der Waals surface area (Å²) in [6, 6.07) is 0. The fourth-order valence-corrected chi connectivity index (χ4v) is 1.07. The number of hydrogen-bond acceptors (Lipinski definition) is 5. The lowest BCUT2D eigenvalue weighted by Crippen LogP contribution is -2.25. The van der Waals surface area contributed by atoms with Gasteiger partial charge in [-0.15, -0.1) is 0 Å². The molecule has 0 unspecified atom stereocenters. The minimum atomic E-state index is -0.251. The Hall–Kier alpha value is -1.24. The summed E-state index contributed by atoms with van der Waals surface area (Å²) < 4.78 is 0. The predicted molar refractivity (Wildman–Crippen MR) is 48.5 cm³/mol. The van der Waals surface area contributed by atoms with Gasteiger partial charge in [0.05, 0.1) is 17.8 Å². The van der Waals surface area contributed by atoms with Crippen LogP contribution in [0.3, 0.4) is 0 Å². The summed E-state index contributed by atoms with van der Waals surface area (Å²) >= 11 is 0. The first-order chi connectivity index (χ1) is 6.22. The van der Waals surface area contributed by atoms with Crippen molar-refractivity contribution >= 4 is 0 Å². The third-order valence-corrected chi connectivity index (χ3v) is 1.74. The molecule has 6 heteroatoms. The molecule has 0 aliphatic heterocycles. The van der Waals surface area contributed by atoms with Crippen molar-refractivity contribution < 1.29 is 0 Å². The number of nitrogens with zero attached hydrogens (tertiary/aromatic N) is 1. The summed E-state index contributed by atoms with van der Waals surface area (Å²) in [5.74, 6) is 0.433. The largest absolute Gasteiger partial charge is 0.326 e. The lowest BCUT2D eigenvalue weighted by atomic mass is 10.2. The van der Waals surface area contributed by atoms with E-state index in [4.69, 9.17) is 17.2 Å². The van der Waals surface area contributed by atoms with E-state index in [1.54, 1.807) is 0 Å². The SMILES string of the molecule is NCc1nc(CN)c(CN)c(=O)[nH]1. The van der Waals surface area contributed by atoms with E-state index in [-0.39, 0.29) is 25.2 Å². The maximum absolute atomic E-state index is 11.3. The van der Waals surface area contributed by atoms with Crippen molar-refractivity contribution in [3.8, 4) is 0 Å². The second kappa shape index (κ2) is 4.13. The lowest BCUT2D eigenvalue weighted by molar-refractivity contribution is 0.807. The minimum Gasteiger partial charge on any atom is -0.326 e. The van der Waals surface area contributed by atoms with E-state index in [1.165, 1.54) is 0 Å². The molecular formula is C7H13N5O. The second-order valence-electron chi connectivity index (χ2n) is 2.55. The van der Waals surface area contributed by atoms with Crippen LogP contribution >= 0.6 is 0 Å². The fourth-order valence-electron chi connectivity index (χ4n) is 1.07. The van der Waals surface area contributed by atoms with Crippen LogP contribution < -0.4 is 22.8 Å². The van der Waals surface area contributed by atoms with Crippen molar-refractivity contribution in [2.45, 2.75) is 19.6 Å². The quantitative estimate of drug-likeness (QED) is 0.437. The number of aromatic nitrogens is 2. The zero-order valence-electron chi connectivity index (χ0n) is 7.21. The van der Waals surface area contributed by atoms with Crippen LogP contribution in [-0.2, 0) is 19.6 Å². The Labute approximate surface area is 75.1 Å². The molecule has 1 aromatic heterocycles. The smallest absolute Gasteiger partial charge is 0.255 e. The van der Waals surface area contributed by atoms with E-state index >= 15 is 0 Å². The molecule has 0 atom stereocenters. The molecule has 0 bridgehead atoms. The Bertz CT molecular complexity index is 345. The van der Waals surface area contributed by atoms with Crippen LogP contribution in [-0.4, -0.2) is 9.97 Å². The van der Waals surface area contributed by atoms with Crippen molar-refractivity contribution in [2.24, 2.45) is 17.2 Å². The lowest BCUT2D eigenvalue weighted by Gasteiger charge is -2.05. The zero-order chi connectivity index (χ0) is 9.84. The average molecular weight is 183 g/mol. The van der Waals surface area contributed by atoms with E-state index in [0.717, 1.165) is 0 Å². The van der Waals surface area contributed by atoms with Crippen LogP contribution in [0.2, 0.25) is 0 Å². The first-order valence-electron chi connectivity index (χ1n) is 3.94. The molecule has 0 aromatic carbocycles. The normalized spacial score (nSPS) is 10.4. The van der Waals surface area contributed by atoms with Gasteiger partial charge in [-0.25, -0.2) is 4.98 Å². The molecule has 0 radical (unpaired) electrons. The van der Waals surface area contributed by atoms with Gasteiger partial charge in [-0.1, -0.05) is 0 Å². The molecule has 7 N–H and O–H groups in total. The summed E-state index contributed by atoms with van der Waals surface area (Å²) in [5.41, 5.74) is 16.8. The second-order valence-corrected chi connectivity index (χ2v) is 2.55. The number of rotatable bonds is 3. The number of aromatic amines is 1. The molecule has 1 aromatic rings. The summed E-state index contributed by atoms with van der Waals surface area (Å²) in [5, 5.41) is 0. The Morgan fingerprint density at radius 2 is 1.85 bits per heavy atom. The van der Waals surface area contributed by atoms with E-state index in [9.17, 15) is 4.79 Å². The van der Waals surface area contributed by atoms with Gasteiger partial charge >= 0.3 is 0 Å². The van der Waals surface area contributed by atoms with Crippen molar-refractivity contribution in [3.63, 3.8) is 0 Å². The van der Waals surface area contributed by atoms with Gasteiger partial charge in [0.25, 0.3) is 5.56 Å². The van der Waals surface area contributed by atoms with Gasteiger partial charge in [0.1, 0.15) is 5.82 Å². The topological polar surface area (TPSA) is 124 Å². The Kier molecular flexibility index (Phi) is 3.13. The van der Waals surface area contributed by atoms with Gasteiger partial charge < -0.3 is 22.2 Å². The Morgan fingerprint density at radius 3 is 2.31 bits per heavy atom. The van der Waals surface area contributed by atoms with Crippen molar-refractivity contribution in [2.75, 3.05) is 0 Å². The third-order valence-electron chi connectivity index (χ3n) is 1.74. The highest BCUT2D eigenvalue weighted by Crippen LogP contribution is 1.98. The first kappa shape index (κ1) is 9.85. The van der Waals surface area contributed by atoms with Gasteiger partial charge in [-0.3, -0.25) is 4.79 Å². The third kappa shape index (κ3) is 1.92. The first-order valence-corrected chi connectivity index (χ1v) is 3.94. The van der Waals surface area contributed by atoms with E-state index in [0.29, 0.717) is 17.1 Å². The minimum absolute atomic E-state index is 0.139. The summed E-state index contributed by atoms with van der Waals surface area (Å²) in [6.45, 7) is 0.524. The summed E-state index contributed by atoms with van der Waals surface area (Å²) in [4.78, 5) is 17.9. The van der Waals surface area contributed by atoms with Crippen LogP contribution in [0, 0.1) is 0 Å². The van der Waals surface area contributed by atoms with Crippen LogP contribution in [0.15, 0.2) is 4.79 Å². The molecule has 0 saturated heterocycles. The van der Waals surface area contributed by atoms with Crippen molar-refractivity contribution in [3.05, 3.63) is 27.4 Å². The van der Waals surface area contributed by atoms with Gasteiger partial charge in [0.2, 0.25) is 0 Å². The number of nitrogens with two attached hydrogens (primary N) is 3. The molecular weight excluding hydrogens is 170 g/mol. The predicted octanol–water partition coefficient (Wildman–Crippen LogP) is -1.85. The molecule has 13 heavy (non-hydrogen) atoms. The van der Waals surface area contributed by atoms with Crippen LogP contribution in [0.1, 0.15) is 17.1 Å². The number of hydrogen-bond donors (Lipinski definition) is 4. The molecule has 0 saturated carbocycles. The molecule has 6 nitrogen and oxygen atoms in total. The molecule has 0 amide bonds. The summed E-state index contributed by atoms with van der Waals surface area (Å²) in [6.07, 6.45) is 0. The molecule has 0 fully saturated rings. The molecule has 0 aliphatic rings. The van der Waals surface area contributed by atoms with Crippen LogP contribution in [0.4, 0.5) is 0 Å². The molecule has 72 valence electrons. The standard InChI is InChI=1S/C7H13N5O/c8-1-4-5(2-9)11-6(3-10)12-7(4)13/h1-3,8-10H2,(H,11,12,13). The maximum atomic E-state index is 11.3. The highest BCUT2D eigenvalue weighted by molar-refractivity contribution is 5.17. The fraction of sp³-hybridized carbons (Fsp3) is 0.429. The van der Waals surface area contributed by atoms with Gasteiger partial charge in [-0.2, -0.15) is 0 Å². The average Bonchev–Trinajstić information content (AvgIpc) is 2.16. The van der Waals surface area contributed by atoms with Gasteiger partial charge in [-0.05, 0) is 0 Å². The van der Waals surface area contributed by atoms with Crippen molar-refractivity contribution in [1.29, 1.82) is 0 Å². The van der Waals surface area contributed by atoms with Gasteiger partial charge in [0, 0.05) is 13.1 Å². The molecule has 1 heterocycles. The zero-order valence-corrected chi connectivity index (χ0v) is 7.21. The van der Waals surface area contributed by atoms with Gasteiger partial charge in [0.15, 0.2) is 0 Å². The van der Waals surface area contributed by atoms with E-state index < -0.39 is 0 Å². The van der Waals surface area contributed by atoms with E-state index in [1.807, 2.05) is 0 Å². The Morgan fingerprint density at radius 1 is 1.15 bits per heavy atom. The number of nitrogens with one attached hydrogen (secondary N) is 1. The molecule has 1 rings (SSSR count).